The fraction of sp³-hybridized carbons (Fsp3) is 0.250. The first-order valence-electron chi connectivity index (χ1n) is 5.62. The third-order valence-corrected chi connectivity index (χ3v) is 2.55. The number of aryl methyl sites for hydroxylation is 2. The quantitative estimate of drug-likeness (QED) is 0.921. The summed E-state index contributed by atoms with van der Waals surface area (Å²) in [6, 6.07) is 2.72. The highest BCUT2D eigenvalue weighted by Gasteiger charge is 2.34. The Balaban J connectivity index is 2.19. The van der Waals surface area contributed by atoms with Crippen LogP contribution in [0, 0.1) is 6.92 Å². The van der Waals surface area contributed by atoms with Gasteiger partial charge >= 0.3 is 6.18 Å². The monoisotopic (exact) mass is 284 g/mol. The van der Waals surface area contributed by atoms with Crippen LogP contribution in [0.4, 0.5) is 18.9 Å². The lowest BCUT2D eigenvalue weighted by Gasteiger charge is -2.10. The molecule has 0 radical (unpaired) electrons. The summed E-state index contributed by atoms with van der Waals surface area (Å²) in [5.41, 5.74) is -0.666. The number of halogens is 3. The number of carbonyl (C=O) groups excluding carboxylic acids is 1. The highest BCUT2D eigenvalue weighted by atomic mass is 19.4. The predicted octanol–water partition coefficient (Wildman–Crippen LogP) is 2.39. The molecule has 0 bridgehead atoms. The molecule has 1 N–H and O–H groups in total. The van der Waals surface area contributed by atoms with Crippen LogP contribution < -0.4 is 5.32 Å². The fourth-order valence-corrected chi connectivity index (χ4v) is 1.67. The van der Waals surface area contributed by atoms with Gasteiger partial charge in [-0.05, 0) is 24.6 Å². The van der Waals surface area contributed by atoms with Crippen molar-refractivity contribution in [3.63, 3.8) is 0 Å². The number of nitrogens with one attached hydrogen (secondary N) is 1. The minimum absolute atomic E-state index is 0.0590. The normalized spacial score (nSPS) is 11.4. The number of amides is 1. The van der Waals surface area contributed by atoms with E-state index in [1.807, 2.05) is 0 Å². The standard InChI is InChI=1S/C12H11F3N4O/c1-7-5-8(6-16-10(7)12(13,14)15)17-11(20)9-3-4-19(2)18-9/h3-6H,1-2H3,(H,17,20). The topological polar surface area (TPSA) is 59.8 Å². The SMILES string of the molecule is Cc1cc(NC(=O)c2ccn(C)n2)cnc1C(F)(F)F. The van der Waals surface area contributed by atoms with E-state index in [1.165, 1.54) is 23.7 Å². The molecule has 20 heavy (non-hydrogen) atoms. The molecule has 0 atom stereocenters. The van der Waals surface area contributed by atoms with Crippen molar-refractivity contribution in [3.8, 4) is 0 Å². The first-order chi connectivity index (χ1) is 9.27. The van der Waals surface area contributed by atoms with Gasteiger partial charge in [-0.15, -0.1) is 0 Å². The maximum atomic E-state index is 12.5. The van der Waals surface area contributed by atoms with E-state index in [0.717, 1.165) is 6.20 Å². The van der Waals surface area contributed by atoms with E-state index in [0.29, 0.717) is 0 Å². The van der Waals surface area contributed by atoms with Crippen LogP contribution in [-0.2, 0) is 13.2 Å². The van der Waals surface area contributed by atoms with Crippen molar-refractivity contribution >= 4 is 11.6 Å². The molecule has 5 nitrogen and oxygen atoms in total. The second kappa shape index (κ2) is 4.95. The lowest BCUT2D eigenvalue weighted by Crippen LogP contribution is -2.15. The zero-order chi connectivity index (χ0) is 14.9. The molecule has 0 spiro atoms. The summed E-state index contributed by atoms with van der Waals surface area (Å²) >= 11 is 0. The van der Waals surface area contributed by atoms with Gasteiger partial charge in [-0.1, -0.05) is 0 Å². The van der Waals surface area contributed by atoms with Crippen molar-refractivity contribution in [2.24, 2.45) is 7.05 Å². The van der Waals surface area contributed by atoms with Crippen LogP contribution in [0.2, 0.25) is 0 Å². The Morgan fingerprint density at radius 2 is 2.10 bits per heavy atom. The smallest absolute Gasteiger partial charge is 0.319 e. The van der Waals surface area contributed by atoms with Crippen molar-refractivity contribution in [1.82, 2.24) is 14.8 Å². The minimum Gasteiger partial charge on any atom is -0.319 e. The van der Waals surface area contributed by atoms with Gasteiger partial charge in [-0.3, -0.25) is 9.48 Å². The Hall–Kier alpha value is -2.38. The van der Waals surface area contributed by atoms with Gasteiger partial charge in [0.1, 0.15) is 5.69 Å². The Kier molecular flexibility index (Phi) is 3.47. The van der Waals surface area contributed by atoms with E-state index in [2.05, 4.69) is 15.4 Å². The van der Waals surface area contributed by atoms with Crippen molar-refractivity contribution in [3.05, 3.63) is 41.5 Å². The summed E-state index contributed by atoms with van der Waals surface area (Å²) < 4.78 is 39.1. The van der Waals surface area contributed by atoms with Crippen molar-refractivity contribution in [2.45, 2.75) is 13.1 Å². The lowest BCUT2D eigenvalue weighted by molar-refractivity contribution is -0.141. The van der Waals surface area contributed by atoms with Crippen molar-refractivity contribution in [1.29, 1.82) is 0 Å². The van der Waals surface area contributed by atoms with Crippen LogP contribution in [0.3, 0.4) is 0 Å². The zero-order valence-electron chi connectivity index (χ0n) is 10.7. The first kappa shape index (κ1) is 14.0. The van der Waals surface area contributed by atoms with Gasteiger partial charge in [0.05, 0.1) is 11.9 Å². The molecule has 0 aliphatic heterocycles. The van der Waals surface area contributed by atoms with Crippen LogP contribution in [-0.4, -0.2) is 20.7 Å². The van der Waals surface area contributed by atoms with E-state index >= 15 is 0 Å². The van der Waals surface area contributed by atoms with Gasteiger partial charge in [0, 0.05) is 13.2 Å². The molecular weight excluding hydrogens is 273 g/mol. The van der Waals surface area contributed by atoms with Crippen molar-refractivity contribution < 1.29 is 18.0 Å². The minimum atomic E-state index is -4.51. The van der Waals surface area contributed by atoms with Crippen LogP contribution in [0.25, 0.3) is 0 Å². The number of aromatic nitrogens is 3. The van der Waals surface area contributed by atoms with E-state index < -0.39 is 17.8 Å². The molecule has 2 rings (SSSR count). The number of hydrogen-bond donors (Lipinski definition) is 1. The molecule has 0 aliphatic rings. The van der Waals surface area contributed by atoms with E-state index in [-0.39, 0.29) is 16.9 Å². The molecular formula is C12H11F3N4O. The third kappa shape index (κ3) is 2.95. The number of alkyl halides is 3. The maximum Gasteiger partial charge on any atom is 0.433 e. The Morgan fingerprint density at radius 1 is 1.40 bits per heavy atom. The van der Waals surface area contributed by atoms with E-state index in [1.54, 1.807) is 13.2 Å². The molecule has 0 fully saturated rings. The molecule has 0 aliphatic carbocycles. The summed E-state index contributed by atoms with van der Waals surface area (Å²) in [5.74, 6) is -0.508. The van der Waals surface area contributed by atoms with Gasteiger partial charge in [0.2, 0.25) is 0 Å². The lowest BCUT2D eigenvalue weighted by atomic mass is 10.2. The summed E-state index contributed by atoms with van der Waals surface area (Å²) in [6.45, 7) is 1.28. The van der Waals surface area contributed by atoms with E-state index in [9.17, 15) is 18.0 Å². The fourth-order valence-electron chi connectivity index (χ4n) is 1.67. The van der Waals surface area contributed by atoms with Crippen LogP contribution in [0.15, 0.2) is 24.5 Å². The van der Waals surface area contributed by atoms with Gasteiger partial charge in [0.15, 0.2) is 5.69 Å². The number of nitrogens with zero attached hydrogens (tertiary/aromatic N) is 3. The second-order valence-corrected chi connectivity index (χ2v) is 4.22. The van der Waals surface area contributed by atoms with Crippen LogP contribution in [0.5, 0.6) is 0 Å². The molecule has 0 aromatic carbocycles. The number of pyridine rings is 1. The molecule has 0 unspecified atom stereocenters. The molecule has 106 valence electrons. The number of carbonyl (C=O) groups is 1. The molecule has 2 aromatic rings. The summed E-state index contributed by atoms with van der Waals surface area (Å²) in [6.07, 6.45) is -1.95. The summed E-state index contributed by atoms with van der Waals surface area (Å²) in [7, 11) is 1.65. The van der Waals surface area contributed by atoms with E-state index in [4.69, 9.17) is 0 Å². The maximum absolute atomic E-state index is 12.5. The predicted molar refractivity (Wildman–Crippen MR) is 65.1 cm³/mol. The highest BCUT2D eigenvalue weighted by molar-refractivity contribution is 6.02. The third-order valence-electron chi connectivity index (χ3n) is 2.55. The summed E-state index contributed by atoms with van der Waals surface area (Å²) in [5, 5.41) is 6.34. The molecule has 0 saturated heterocycles. The van der Waals surface area contributed by atoms with Crippen molar-refractivity contribution in [2.75, 3.05) is 5.32 Å². The second-order valence-electron chi connectivity index (χ2n) is 4.22. The Bertz CT molecular complexity index is 648. The molecule has 2 heterocycles. The molecule has 2 aromatic heterocycles. The number of rotatable bonds is 2. The van der Waals surface area contributed by atoms with Gasteiger partial charge in [-0.2, -0.15) is 18.3 Å². The average molecular weight is 284 g/mol. The highest BCUT2D eigenvalue weighted by Crippen LogP contribution is 2.30. The van der Waals surface area contributed by atoms with Gasteiger partial charge < -0.3 is 5.32 Å². The average Bonchev–Trinajstić information content (AvgIpc) is 2.74. The van der Waals surface area contributed by atoms with Crippen LogP contribution >= 0.6 is 0 Å². The van der Waals surface area contributed by atoms with Crippen LogP contribution in [0.1, 0.15) is 21.7 Å². The number of hydrogen-bond acceptors (Lipinski definition) is 3. The molecule has 8 heteroatoms. The first-order valence-corrected chi connectivity index (χ1v) is 5.62. The van der Waals surface area contributed by atoms with Gasteiger partial charge in [-0.25, -0.2) is 4.98 Å². The molecule has 1 amide bonds. The Labute approximate surface area is 112 Å². The van der Waals surface area contributed by atoms with Gasteiger partial charge in [0.25, 0.3) is 5.91 Å². The largest absolute Gasteiger partial charge is 0.433 e. The molecule has 0 saturated carbocycles. The Morgan fingerprint density at radius 3 is 2.60 bits per heavy atom. The zero-order valence-corrected chi connectivity index (χ0v) is 10.7. The summed E-state index contributed by atoms with van der Waals surface area (Å²) in [4.78, 5) is 15.1. The number of anilines is 1.